The number of hydrogen-bond acceptors (Lipinski definition) is 1. The first-order valence-electron chi connectivity index (χ1n) is 8.49. The Morgan fingerprint density at radius 1 is 0.952 bits per heavy atom. The van der Waals surface area contributed by atoms with Crippen molar-refractivity contribution in [1.82, 2.24) is 0 Å². The molecule has 1 nitrogen and oxygen atoms in total. The third kappa shape index (κ3) is 10.3. The van der Waals surface area contributed by atoms with Gasteiger partial charge < -0.3 is 4.74 Å². The van der Waals surface area contributed by atoms with Gasteiger partial charge in [-0.3, -0.25) is 0 Å². The fraction of sp³-hybridized carbons (Fsp3) is 0.600. The Morgan fingerprint density at radius 3 is 2.43 bits per heavy atom. The van der Waals surface area contributed by atoms with E-state index >= 15 is 0 Å². The lowest BCUT2D eigenvalue weighted by Crippen LogP contribution is -2.09. The van der Waals surface area contributed by atoms with E-state index in [0.717, 1.165) is 31.8 Å². The topological polar surface area (TPSA) is 9.23 Å². The summed E-state index contributed by atoms with van der Waals surface area (Å²) >= 11 is 0. The van der Waals surface area contributed by atoms with Crippen LogP contribution in [0.4, 0.5) is 0 Å². The maximum absolute atomic E-state index is 5.85. The zero-order chi connectivity index (χ0) is 15.3. The van der Waals surface area contributed by atoms with Gasteiger partial charge in [-0.25, -0.2) is 0 Å². The second kappa shape index (κ2) is 11.6. The van der Waals surface area contributed by atoms with Gasteiger partial charge in [0.1, 0.15) is 0 Å². The summed E-state index contributed by atoms with van der Waals surface area (Å²) in [5.74, 6) is 0.812. The molecule has 21 heavy (non-hydrogen) atoms. The van der Waals surface area contributed by atoms with Gasteiger partial charge in [0.15, 0.2) is 0 Å². The highest BCUT2D eigenvalue weighted by atomic mass is 16.5. The zero-order valence-electron chi connectivity index (χ0n) is 14.1. The molecule has 0 aliphatic heterocycles. The van der Waals surface area contributed by atoms with Gasteiger partial charge in [0.05, 0.1) is 6.10 Å². The van der Waals surface area contributed by atoms with E-state index in [1.54, 1.807) is 0 Å². The molecule has 1 aromatic carbocycles. The minimum atomic E-state index is 0.414. The van der Waals surface area contributed by atoms with Crippen LogP contribution in [0.15, 0.2) is 42.5 Å². The monoisotopic (exact) mass is 288 g/mol. The summed E-state index contributed by atoms with van der Waals surface area (Å²) in [5.41, 5.74) is 1.38. The molecule has 0 N–H and O–H groups in total. The van der Waals surface area contributed by atoms with Crippen LogP contribution in [0, 0.1) is 5.92 Å². The minimum absolute atomic E-state index is 0.414. The zero-order valence-corrected chi connectivity index (χ0v) is 14.1. The lowest BCUT2D eigenvalue weighted by Gasteiger charge is -2.13. The molecule has 1 atom stereocenters. The van der Waals surface area contributed by atoms with E-state index in [1.165, 1.54) is 24.8 Å². The van der Waals surface area contributed by atoms with E-state index in [9.17, 15) is 0 Å². The van der Waals surface area contributed by atoms with Crippen LogP contribution in [0.2, 0.25) is 0 Å². The molecule has 118 valence electrons. The number of benzene rings is 1. The van der Waals surface area contributed by atoms with E-state index in [-0.39, 0.29) is 0 Å². The third-order valence-electron chi connectivity index (χ3n) is 3.67. The van der Waals surface area contributed by atoms with E-state index < -0.39 is 0 Å². The maximum Gasteiger partial charge on any atom is 0.0547 e. The summed E-state index contributed by atoms with van der Waals surface area (Å²) in [6, 6.07) is 10.6. The van der Waals surface area contributed by atoms with Crippen molar-refractivity contribution in [2.75, 3.05) is 6.61 Å². The Bertz CT molecular complexity index is 367. The molecule has 0 spiro atoms. The number of hydrogen-bond donors (Lipinski definition) is 0. The van der Waals surface area contributed by atoms with Crippen molar-refractivity contribution >= 4 is 0 Å². The highest BCUT2D eigenvalue weighted by molar-refractivity contribution is 5.17. The largest absolute Gasteiger partial charge is 0.378 e. The molecule has 0 radical (unpaired) electrons. The van der Waals surface area contributed by atoms with Gasteiger partial charge >= 0.3 is 0 Å². The van der Waals surface area contributed by atoms with Crippen molar-refractivity contribution in [1.29, 1.82) is 0 Å². The first kappa shape index (κ1) is 18.0. The summed E-state index contributed by atoms with van der Waals surface area (Å²) in [4.78, 5) is 0. The summed E-state index contributed by atoms with van der Waals surface area (Å²) in [6.07, 6.45) is 12.0. The van der Waals surface area contributed by atoms with Gasteiger partial charge in [-0.15, -0.1) is 0 Å². The van der Waals surface area contributed by atoms with Crippen LogP contribution in [-0.2, 0) is 11.2 Å². The fourth-order valence-electron chi connectivity index (χ4n) is 2.33. The normalized spacial score (nSPS) is 13.1. The van der Waals surface area contributed by atoms with Crippen molar-refractivity contribution in [2.24, 2.45) is 5.92 Å². The van der Waals surface area contributed by atoms with Crippen molar-refractivity contribution in [3.8, 4) is 0 Å². The Labute approximate surface area is 131 Å². The first-order valence-corrected chi connectivity index (χ1v) is 8.49. The number of ether oxygens (including phenoxy) is 1. The van der Waals surface area contributed by atoms with Gasteiger partial charge in [-0.1, -0.05) is 69.2 Å². The van der Waals surface area contributed by atoms with Crippen molar-refractivity contribution in [3.63, 3.8) is 0 Å². The molecule has 0 aromatic heterocycles. The summed E-state index contributed by atoms with van der Waals surface area (Å²) in [6.45, 7) is 7.66. The van der Waals surface area contributed by atoms with Crippen LogP contribution in [0.1, 0.15) is 58.4 Å². The molecule has 0 aliphatic rings. The molecule has 0 fully saturated rings. The molecular formula is C20H32O. The van der Waals surface area contributed by atoms with E-state index in [2.05, 4.69) is 63.3 Å². The minimum Gasteiger partial charge on any atom is -0.378 e. The van der Waals surface area contributed by atoms with Crippen LogP contribution in [-0.4, -0.2) is 12.7 Å². The molecule has 1 rings (SSSR count). The van der Waals surface area contributed by atoms with Crippen LogP contribution in [0.3, 0.4) is 0 Å². The van der Waals surface area contributed by atoms with E-state index in [0.29, 0.717) is 6.10 Å². The summed E-state index contributed by atoms with van der Waals surface area (Å²) < 4.78 is 5.85. The molecule has 1 unspecified atom stereocenters. The van der Waals surface area contributed by atoms with Crippen LogP contribution in [0.25, 0.3) is 0 Å². The van der Waals surface area contributed by atoms with Gasteiger partial charge in [-0.2, -0.15) is 0 Å². The maximum atomic E-state index is 5.85. The molecule has 0 amide bonds. The molecule has 0 saturated carbocycles. The Kier molecular flexibility index (Phi) is 9.90. The second-order valence-electron chi connectivity index (χ2n) is 6.31. The lowest BCUT2D eigenvalue weighted by atomic mass is 10.0. The standard InChI is InChI=1S/C20H32O/c1-18(2)12-11-13-19(3)21-17-10-5-4-7-14-20-15-8-6-9-16-20/h4,6-9,15-16,18-19H,5,10-14,17H2,1-3H3/b7-4+. The average Bonchev–Trinajstić information content (AvgIpc) is 2.47. The Morgan fingerprint density at radius 2 is 1.71 bits per heavy atom. The van der Waals surface area contributed by atoms with Crippen molar-refractivity contribution in [3.05, 3.63) is 48.0 Å². The highest BCUT2D eigenvalue weighted by Crippen LogP contribution is 2.10. The Balaban J connectivity index is 1.96. The van der Waals surface area contributed by atoms with Crippen molar-refractivity contribution in [2.45, 2.75) is 65.4 Å². The molecule has 0 aliphatic carbocycles. The van der Waals surface area contributed by atoms with E-state index in [1.807, 2.05) is 0 Å². The molecule has 1 heteroatoms. The lowest BCUT2D eigenvalue weighted by molar-refractivity contribution is 0.0568. The second-order valence-corrected chi connectivity index (χ2v) is 6.31. The molecular weight excluding hydrogens is 256 g/mol. The van der Waals surface area contributed by atoms with Crippen LogP contribution < -0.4 is 0 Å². The van der Waals surface area contributed by atoms with Gasteiger partial charge in [-0.05, 0) is 44.1 Å². The number of allylic oxidation sites excluding steroid dienone is 2. The van der Waals surface area contributed by atoms with Gasteiger partial charge in [0, 0.05) is 6.61 Å². The number of rotatable bonds is 11. The predicted molar refractivity (Wildman–Crippen MR) is 92.6 cm³/mol. The molecule has 0 heterocycles. The smallest absolute Gasteiger partial charge is 0.0547 e. The first-order chi connectivity index (χ1) is 10.2. The highest BCUT2D eigenvalue weighted by Gasteiger charge is 2.02. The summed E-state index contributed by atoms with van der Waals surface area (Å²) in [5, 5.41) is 0. The third-order valence-corrected chi connectivity index (χ3v) is 3.67. The van der Waals surface area contributed by atoms with Crippen molar-refractivity contribution < 1.29 is 4.74 Å². The van der Waals surface area contributed by atoms with Crippen LogP contribution in [0.5, 0.6) is 0 Å². The van der Waals surface area contributed by atoms with Crippen LogP contribution >= 0.6 is 0 Å². The SMILES string of the molecule is CC(C)CCCC(C)OCCC/C=C/Cc1ccccc1. The van der Waals surface area contributed by atoms with Gasteiger partial charge in [0.2, 0.25) is 0 Å². The quantitative estimate of drug-likeness (QED) is 0.369. The summed E-state index contributed by atoms with van der Waals surface area (Å²) in [7, 11) is 0. The molecule has 0 saturated heterocycles. The Hall–Kier alpha value is -1.08. The van der Waals surface area contributed by atoms with Gasteiger partial charge in [0.25, 0.3) is 0 Å². The predicted octanol–water partition coefficient (Wildman–Crippen LogP) is 5.80. The van der Waals surface area contributed by atoms with E-state index in [4.69, 9.17) is 4.74 Å². The molecule has 0 bridgehead atoms. The average molecular weight is 288 g/mol. The molecule has 1 aromatic rings. The number of unbranched alkanes of at least 4 members (excludes halogenated alkanes) is 1. The fourth-order valence-corrected chi connectivity index (χ4v) is 2.33.